The van der Waals surface area contributed by atoms with E-state index in [0.717, 1.165) is 31.6 Å². The molecule has 0 saturated carbocycles. The molecule has 4 aromatic carbocycles. The van der Waals surface area contributed by atoms with Gasteiger partial charge >= 0.3 is 0 Å². The highest BCUT2D eigenvalue weighted by Gasteiger charge is 2.31. The van der Waals surface area contributed by atoms with Crippen LogP contribution in [0.4, 0.5) is 0 Å². The molecule has 2 unspecified atom stereocenters. The SMILES string of the molecule is [CH]c1ccc(C2CCN(Cc3ccccc3)CC2OCc2ccc3ccccc3c2)cc1. The molecule has 1 aliphatic rings. The van der Waals surface area contributed by atoms with Gasteiger partial charge in [-0.25, -0.2) is 0 Å². The van der Waals surface area contributed by atoms with E-state index >= 15 is 0 Å². The molecule has 0 spiro atoms. The molecule has 1 aliphatic heterocycles. The molecular formula is C30H29NO. The molecular weight excluding hydrogens is 390 g/mol. The number of fused-ring (bicyclic) bond motifs is 1. The van der Waals surface area contributed by atoms with E-state index < -0.39 is 0 Å². The maximum Gasteiger partial charge on any atom is 0.0775 e. The van der Waals surface area contributed by atoms with Gasteiger partial charge in [-0.2, -0.15) is 0 Å². The monoisotopic (exact) mass is 419 g/mol. The van der Waals surface area contributed by atoms with E-state index in [1.165, 1.54) is 27.5 Å². The van der Waals surface area contributed by atoms with Crippen molar-refractivity contribution in [2.45, 2.75) is 31.6 Å². The van der Waals surface area contributed by atoms with Gasteiger partial charge in [0.25, 0.3) is 0 Å². The normalized spacial score (nSPS) is 19.3. The number of ether oxygens (including phenoxy) is 1. The zero-order valence-corrected chi connectivity index (χ0v) is 18.4. The molecule has 160 valence electrons. The second kappa shape index (κ2) is 9.68. The van der Waals surface area contributed by atoms with Crippen molar-refractivity contribution < 1.29 is 4.74 Å². The summed E-state index contributed by atoms with van der Waals surface area (Å²) in [5.41, 5.74) is 4.71. The zero-order valence-electron chi connectivity index (χ0n) is 18.4. The van der Waals surface area contributed by atoms with E-state index in [4.69, 9.17) is 11.7 Å². The molecule has 2 radical (unpaired) electrons. The number of likely N-dealkylation sites (tertiary alicyclic amines) is 1. The Balaban J connectivity index is 1.33. The van der Waals surface area contributed by atoms with Crippen LogP contribution in [0.25, 0.3) is 10.8 Å². The van der Waals surface area contributed by atoms with Crippen molar-refractivity contribution >= 4 is 10.8 Å². The summed E-state index contributed by atoms with van der Waals surface area (Å²) in [6.07, 6.45) is 1.22. The molecule has 1 fully saturated rings. The van der Waals surface area contributed by atoms with Gasteiger partial charge in [-0.15, -0.1) is 0 Å². The predicted octanol–water partition coefficient (Wildman–Crippen LogP) is 6.47. The van der Waals surface area contributed by atoms with E-state index in [0.29, 0.717) is 12.5 Å². The highest BCUT2D eigenvalue weighted by molar-refractivity contribution is 5.82. The minimum atomic E-state index is 0.141. The maximum absolute atomic E-state index is 6.61. The van der Waals surface area contributed by atoms with Crippen LogP contribution in [0.2, 0.25) is 0 Å². The Kier molecular flexibility index (Phi) is 6.34. The highest BCUT2D eigenvalue weighted by atomic mass is 16.5. The lowest BCUT2D eigenvalue weighted by Gasteiger charge is -2.39. The first-order chi connectivity index (χ1) is 15.7. The molecule has 1 saturated heterocycles. The average Bonchev–Trinajstić information content (AvgIpc) is 2.84. The van der Waals surface area contributed by atoms with Gasteiger partial charge in [0.15, 0.2) is 0 Å². The van der Waals surface area contributed by atoms with Crippen LogP contribution in [-0.2, 0) is 17.9 Å². The summed E-state index contributed by atoms with van der Waals surface area (Å²) in [4.78, 5) is 2.52. The lowest BCUT2D eigenvalue weighted by Crippen LogP contribution is -2.43. The number of nitrogens with zero attached hydrogens (tertiary/aromatic N) is 1. The van der Waals surface area contributed by atoms with Gasteiger partial charge < -0.3 is 4.74 Å². The van der Waals surface area contributed by atoms with Crippen LogP contribution in [0.5, 0.6) is 0 Å². The third kappa shape index (κ3) is 4.93. The highest BCUT2D eigenvalue weighted by Crippen LogP contribution is 2.32. The molecule has 2 nitrogen and oxygen atoms in total. The number of piperidine rings is 1. The number of benzene rings is 4. The fourth-order valence-electron chi connectivity index (χ4n) is 4.79. The molecule has 4 aromatic rings. The zero-order chi connectivity index (χ0) is 21.8. The van der Waals surface area contributed by atoms with Crippen LogP contribution < -0.4 is 0 Å². The molecule has 32 heavy (non-hydrogen) atoms. The molecule has 0 bridgehead atoms. The Labute approximate surface area is 191 Å². The van der Waals surface area contributed by atoms with E-state index in [1.807, 2.05) is 12.1 Å². The molecule has 1 heterocycles. The number of hydrogen-bond acceptors (Lipinski definition) is 2. The van der Waals surface area contributed by atoms with Gasteiger partial charge in [-0.05, 0) is 59.0 Å². The van der Waals surface area contributed by atoms with E-state index in [-0.39, 0.29) is 6.10 Å². The Morgan fingerprint density at radius 1 is 0.781 bits per heavy atom. The van der Waals surface area contributed by atoms with Gasteiger partial charge in [0, 0.05) is 19.0 Å². The summed E-state index contributed by atoms with van der Waals surface area (Å²) in [5, 5.41) is 2.53. The molecule has 2 atom stereocenters. The van der Waals surface area contributed by atoms with Crippen LogP contribution >= 0.6 is 0 Å². The average molecular weight is 420 g/mol. The lowest BCUT2D eigenvalue weighted by molar-refractivity contribution is -0.0263. The smallest absolute Gasteiger partial charge is 0.0775 e. The predicted molar refractivity (Wildman–Crippen MR) is 131 cm³/mol. The summed E-state index contributed by atoms with van der Waals surface area (Å²) in [7, 11) is 0. The quantitative estimate of drug-likeness (QED) is 0.355. The summed E-state index contributed by atoms with van der Waals surface area (Å²) >= 11 is 0. The van der Waals surface area contributed by atoms with Crippen molar-refractivity contribution in [2.24, 2.45) is 0 Å². The number of rotatable bonds is 6. The number of hydrogen-bond donors (Lipinski definition) is 0. The molecule has 2 heteroatoms. The second-order valence-electron chi connectivity index (χ2n) is 8.81. The standard InChI is InChI=1S/C30H29NO/c1-23-11-14-27(15-12-23)29-17-18-31(20-24-7-3-2-4-8-24)21-30(29)32-22-25-13-16-26-9-5-6-10-28(26)19-25/h1-16,19,29-30H,17-18,20-22H2. The van der Waals surface area contributed by atoms with Gasteiger partial charge in [-0.1, -0.05) is 91.0 Å². The molecule has 0 amide bonds. The first-order valence-electron chi connectivity index (χ1n) is 11.5. The Bertz CT molecular complexity index is 1150. The van der Waals surface area contributed by atoms with Crippen LogP contribution in [0, 0.1) is 6.92 Å². The second-order valence-corrected chi connectivity index (χ2v) is 8.81. The Hall–Kier alpha value is -2.94. The topological polar surface area (TPSA) is 12.5 Å². The molecule has 0 aromatic heterocycles. The fraction of sp³-hybridized carbons (Fsp3) is 0.233. The summed E-state index contributed by atoms with van der Waals surface area (Å²) < 4.78 is 6.61. The summed E-state index contributed by atoms with van der Waals surface area (Å²) in [6, 6.07) is 34.2. The molecule has 0 aliphatic carbocycles. The van der Waals surface area contributed by atoms with E-state index in [9.17, 15) is 0 Å². The van der Waals surface area contributed by atoms with Crippen molar-refractivity contribution in [3.63, 3.8) is 0 Å². The van der Waals surface area contributed by atoms with Crippen LogP contribution in [0.15, 0.2) is 97.1 Å². The van der Waals surface area contributed by atoms with Crippen molar-refractivity contribution in [2.75, 3.05) is 13.1 Å². The summed E-state index contributed by atoms with van der Waals surface area (Å²) in [5.74, 6) is 0.378. The fourth-order valence-corrected chi connectivity index (χ4v) is 4.79. The van der Waals surface area contributed by atoms with E-state index in [2.05, 4.69) is 89.8 Å². The third-order valence-electron chi connectivity index (χ3n) is 6.53. The Morgan fingerprint density at radius 2 is 1.53 bits per heavy atom. The van der Waals surface area contributed by atoms with Crippen LogP contribution in [0.3, 0.4) is 0 Å². The lowest BCUT2D eigenvalue weighted by atomic mass is 9.86. The van der Waals surface area contributed by atoms with E-state index in [1.54, 1.807) is 0 Å². The van der Waals surface area contributed by atoms with Gasteiger partial charge in [-0.3, -0.25) is 4.90 Å². The Morgan fingerprint density at radius 3 is 2.34 bits per heavy atom. The van der Waals surface area contributed by atoms with Gasteiger partial charge in [0.1, 0.15) is 0 Å². The van der Waals surface area contributed by atoms with Crippen molar-refractivity contribution in [3.8, 4) is 0 Å². The molecule has 5 rings (SSSR count). The van der Waals surface area contributed by atoms with Crippen LogP contribution in [0.1, 0.15) is 34.6 Å². The van der Waals surface area contributed by atoms with Gasteiger partial charge in [0.05, 0.1) is 12.7 Å². The third-order valence-corrected chi connectivity index (χ3v) is 6.53. The maximum atomic E-state index is 6.61. The minimum Gasteiger partial charge on any atom is -0.372 e. The van der Waals surface area contributed by atoms with Gasteiger partial charge in [0.2, 0.25) is 0 Å². The molecule has 0 N–H and O–H groups in total. The largest absolute Gasteiger partial charge is 0.372 e. The first kappa shape index (κ1) is 20.9. The minimum absolute atomic E-state index is 0.141. The van der Waals surface area contributed by atoms with Crippen LogP contribution in [-0.4, -0.2) is 24.1 Å². The van der Waals surface area contributed by atoms with Crippen molar-refractivity contribution in [1.29, 1.82) is 0 Å². The first-order valence-corrected chi connectivity index (χ1v) is 11.5. The van der Waals surface area contributed by atoms with Crippen molar-refractivity contribution in [1.82, 2.24) is 4.90 Å². The summed E-state index contributed by atoms with van der Waals surface area (Å²) in [6.45, 7) is 9.53. The van der Waals surface area contributed by atoms with Crippen molar-refractivity contribution in [3.05, 3.63) is 126 Å².